The third-order valence-electron chi connectivity index (χ3n) is 6.63. The van der Waals surface area contributed by atoms with Crippen LogP contribution < -0.4 is 4.90 Å². The fraction of sp³-hybridized carbons (Fsp3) is 0.458. The third kappa shape index (κ3) is 3.84. The van der Waals surface area contributed by atoms with Gasteiger partial charge in [0, 0.05) is 31.9 Å². The molecule has 6 heteroatoms. The lowest BCUT2D eigenvalue weighted by Gasteiger charge is -2.40. The molecule has 1 aliphatic carbocycles. The summed E-state index contributed by atoms with van der Waals surface area (Å²) in [4.78, 5) is 5.03. The Morgan fingerprint density at radius 3 is 2.27 bits per heavy atom. The van der Waals surface area contributed by atoms with Crippen molar-refractivity contribution in [1.29, 1.82) is 0 Å². The van der Waals surface area contributed by atoms with Gasteiger partial charge in [-0.1, -0.05) is 60.9 Å². The number of aryl methyl sites for hydroxylation is 1. The smallest absolute Gasteiger partial charge is 0.173 e. The minimum atomic E-state index is 0.0964. The topological polar surface area (TPSA) is 50.1 Å². The average molecular weight is 403 g/mol. The molecular weight excluding hydrogens is 372 g/mol. The van der Waals surface area contributed by atoms with Crippen LogP contribution in [0, 0.1) is 6.92 Å². The fourth-order valence-corrected chi connectivity index (χ4v) is 4.94. The van der Waals surface area contributed by atoms with Crippen LogP contribution in [0.25, 0.3) is 0 Å². The van der Waals surface area contributed by atoms with Crippen molar-refractivity contribution in [2.75, 3.05) is 31.1 Å². The maximum Gasteiger partial charge on any atom is 0.173 e. The van der Waals surface area contributed by atoms with Crippen LogP contribution in [0.2, 0.25) is 0 Å². The molecule has 2 aliphatic rings. The first kappa shape index (κ1) is 19.2. The number of benzene rings is 2. The molecule has 156 valence electrons. The molecule has 1 saturated heterocycles. The molecule has 0 radical (unpaired) electrons. The van der Waals surface area contributed by atoms with Crippen molar-refractivity contribution in [3.05, 3.63) is 71.5 Å². The van der Waals surface area contributed by atoms with E-state index in [-0.39, 0.29) is 6.04 Å². The summed E-state index contributed by atoms with van der Waals surface area (Å²) in [6.45, 7) is 6.14. The number of anilines is 1. The molecule has 1 atom stereocenters. The summed E-state index contributed by atoms with van der Waals surface area (Å²) in [5.41, 5.74) is 3.87. The summed E-state index contributed by atoms with van der Waals surface area (Å²) >= 11 is 0. The highest BCUT2D eigenvalue weighted by molar-refractivity contribution is 5.46. The minimum Gasteiger partial charge on any atom is -0.369 e. The van der Waals surface area contributed by atoms with E-state index < -0.39 is 0 Å². The van der Waals surface area contributed by atoms with Gasteiger partial charge in [-0.15, -0.1) is 5.10 Å². The standard InChI is InChI=1S/C24H30N6/c1-19-11-13-20(14-12-19)23(24-25-26-27-30(24)22-9-5-6-10-22)29-17-15-28(16-18-29)21-7-3-2-4-8-21/h2-4,7-8,11-14,22-23H,5-6,9-10,15-18H2,1H3/t23-/m0/s1. The Kier molecular flexibility index (Phi) is 5.49. The Bertz CT molecular complexity index is 937. The zero-order valence-electron chi connectivity index (χ0n) is 17.7. The van der Waals surface area contributed by atoms with Crippen molar-refractivity contribution >= 4 is 5.69 Å². The summed E-state index contributed by atoms with van der Waals surface area (Å²) < 4.78 is 2.13. The highest BCUT2D eigenvalue weighted by Gasteiger charge is 2.33. The molecule has 1 aromatic heterocycles. The molecule has 5 rings (SSSR count). The Labute approximate surface area is 178 Å². The highest BCUT2D eigenvalue weighted by atomic mass is 15.6. The van der Waals surface area contributed by atoms with Crippen molar-refractivity contribution in [1.82, 2.24) is 25.1 Å². The predicted molar refractivity (Wildman–Crippen MR) is 119 cm³/mol. The lowest BCUT2D eigenvalue weighted by molar-refractivity contribution is 0.197. The Morgan fingerprint density at radius 2 is 1.57 bits per heavy atom. The van der Waals surface area contributed by atoms with Crippen LogP contribution in [0.5, 0.6) is 0 Å². The van der Waals surface area contributed by atoms with Crippen LogP contribution in [0.15, 0.2) is 54.6 Å². The number of para-hydroxylation sites is 1. The van der Waals surface area contributed by atoms with Gasteiger partial charge >= 0.3 is 0 Å². The second-order valence-corrected chi connectivity index (χ2v) is 8.59. The van der Waals surface area contributed by atoms with E-state index in [9.17, 15) is 0 Å². The molecule has 1 aliphatic heterocycles. The predicted octanol–water partition coefficient (Wildman–Crippen LogP) is 4.01. The molecule has 0 amide bonds. The largest absolute Gasteiger partial charge is 0.369 e. The molecule has 2 heterocycles. The quantitative estimate of drug-likeness (QED) is 0.645. The lowest BCUT2D eigenvalue weighted by atomic mass is 10.0. The first-order chi connectivity index (χ1) is 14.8. The van der Waals surface area contributed by atoms with Crippen LogP contribution in [0.1, 0.15) is 54.7 Å². The summed E-state index contributed by atoms with van der Waals surface area (Å²) in [5.74, 6) is 0.999. The Morgan fingerprint density at radius 1 is 0.867 bits per heavy atom. The lowest BCUT2D eigenvalue weighted by Crippen LogP contribution is -2.48. The van der Waals surface area contributed by atoms with E-state index in [2.05, 4.69) is 91.5 Å². The van der Waals surface area contributed by atoms with Crippen molar-refractivity contribution in [3.63, 3.8) is 0 Å². The first-order valence-electron chi connectivity index (χ1n) is 11.2. The van der Waals surface area contributed by atoms with Gasteiger partial charge in [-0.2, -0.15) is 0 Å². The van der Waals surface area contributed by atoms with Crippen LogP contribution in [-0.2, 0) is 0 Å². The van der Waals surface area contributed by atoms with E-state index in [1.54, 1.807) is 0 Å². The second kappa shape index (κ2) is 8.56. The number of hydrogen-bond acceptors (Lipinski definition) is 5. The van der Waals surface area contributed by atoms with Gasteiger partial charge in [-0.25, -0.2) is 4.68 Å². The van der Waals surface area contributed by atoms with Crippen molar-refractivity contribution < 1.29 is 0 Å². The number of hydrogen-bond donors (Lipinski definition) is 0. The van der Waals surface area contributed by atoms with Crippen LogP contribution in [0.3, 0.4) is 0 Å². The molecular formula is C24H30N6. The van der Waals surface area contributed by atoms with Crippen LogP contribution in [0.4, 0.5) is 5.69 Å². The Hall–Kier alpha value is -2.73. The molecule has 3 aromatic rings. The van der Waals surface area contributed by atoms with E-state index in [1.807, 2.05) is 0 Å². The van der Waals surface area contributed by atoms with Crippen molar-refractivity contribution in [2.45, 2.75) is 44.7 Å². The van der Waals surface area contributed by atoms with E-state index >= 15 is 0 Å². The number of piperazine rings is 1. The number of rotatable bonds is 5. The van der Waals surface area contributed by atoms with Gasteiger partial charge in [0.15, 0.2) is 5.82 Å². The third-order valence-corrected chi connectivity index (χ3v) is 6.63. The molecule has 1 saturated carbocycles. The van der Waals surface area contributed by atoms with Gasteiger partial charge in [0.2, 0.25) is 0 Å². The van der Waals surface area contributed by atoms with Crippen molar-refractivity contribution in [3.8, 4) is 0 Å². The van der Waals surface area contributed by atoms with E-state index in [0.717, 1.165) is 32.0 Å². The zero-order chi connectivity index (χ0) is 20.3. The van der Waals surface area contributed by atoms with Gasteiger partial charge in [0.05, 0.1) is 12.1 Å². The summed E-state index contributed by atoms with van der Waals surface area (Å²) in [6.07, 6.45) is 4.91. The Balaban J connectivity index is 1.43. The maximum atomic E-state index is 4.56. The van der Waals surface area contributed by atoms with E-state index in [1.165, 1.54) is 42.5 Å². The van der Waals surface area contributed by atoms with Gasteiger partial charge in [0.1, 0.15) is 0 Å². The normalized spacial score (nSPS) is 19.3. The molecule has 6 nitrogen and oxygen atoms in total. The van der Waals surface area contributed by atoms with Crippen LogP contribution in [-0.4, -0.2) is 51.3 Å². The molecule has 0 unspecified atom stereocenters. The highest BCUT2D eigenvalue weighted by Crippen LogP contribution is 2.34. The second-order valence-electron chi connectivity index (χ2n) is 8.59. The molecule has 0 N–H and O–H groups in total. The van der Waals surface area contributed by atoms with E-state index in [4.69, 9.17) is 0 Å². The molecule has 30 heavy (non-hydrogen) atoms. The molecule has 0 bridgehead atoms. The number of aromatic nitrogens is 4. The van der Waals surface area contributed by atoms with Gasteiger partial charge < -0.3 is 4.90 Å². The summed E-state index contributed by atoms with van der Waals surface area (Å²) in [5, 5.41) is 13.1. The zero-order valence-corrected chi connectivity index (χ0v) is 17.7. The fourth-order valence-electron chi connectivity index (χ4n) is 4.94. The maximum absolute atomic E-state index is 4.56. The van der Waals surface area contributed by atoms with Gasteiger partial charge in [0.25, 0.3) is 0 Å². The van der Waals surface area contributed by atoms with Gasteiger partial charge in [-0.05, 0) is 47.9 Å². The molecule has 0 spiro atoms. The first-order valence-corrected chi connectivity index (χ1v) is 11.2. The average Bonchev–Trinajstić information content (AvgIpc) is 3.48. The van der Waals surface area contributed by atoms with Gasteiger partial charge in [-0.3, -0.25) is 4.90 Å². The number of tetrazole rings is 1. The number of nitrogens with zero attached hydrogens (tertiary/aromatic N) is 6. The molecule has 2 aromatic carbocycles. The van der Waals surface area contributed by atoms with Crippen molar-refractivity contribution in [2.24, 2.45) is 0 Å². The monoisotopic (exact) mass is 402 g/mol. The summed E-state index contributed by atoms with van der Waals surface area (Å²) in [6, 6.07) is 20.1. The van der Waals surface area contributed by atoms with Crippen LogP contribution >= 0.6 is 0 Å². The SMILES string of the molecule is Cc1ccc([C@@H](c2nnnn2C2CCCC2)N2CCN(c3ccccc3)CC2)cc1. The molecule has 2 fully saturated rings. The van der Waals surface area contributed by atoms with E-state index in [0.29, 0.717) is 6.04 Å². The summed E-state index contributed by atoms with van der Waals surface area (Å²) in [7, 11) is 0. The minimum absolute atomic E-state index is 0.0964.